The van der Waals surface area contributed by atoms with Crippen LogP contribution in [0.15, 0.2) is 12.1 Å². The van der Waals surface area contributed by atoms with E-state index in [0.717, 1.165) is 18.5 Å². The van der Waals surface area contributed by atoms with Crippen LogP contribution in [0.3, 0.4) is 0 Å². The Hall–Kier alpha value is -1.22. The molecule has 4 heteroatoms. The molecule has 3 nitrogen and oxygen atoms in total. The minimum Gasteiger partial charge on any atom is -0.483 e. The average Bonchev–Trinajstić information content (AvgIpc) is 2.17. The average molecular weight is 240 g/mol. The molecule has 0 fully saturated rings. The number of aldehydes is 1. The second-order valence-electron chi connectivity index (χ2n) is 4.68. The van der Waals surface area contributed by atoms with Crippen molar-refractivity contribution in [2.75, 3.05) is 18.5 Å². The van der Waals surface area contributed by atoms with Gasteiger partial charge in [-0.25, -0.2) is 0 Å². The first-order valence-electron chi connectivity index (χ1n) is 5.12. The maximum Gasteiger partial charge on any atom is 0.154 e. The number of benzene rings is 1. The van der Waals surface area contributed by atoms with Crippen molar-refractivity contribution >= 4 is 23.6 Å². The Labute approximate surface area is 100.0 Å². The van der Waals surface area contributed by atoms with Crippen molar-refractivity contribution in [1.82, 2.24) is 0 Å². The summed E-state index contributed by atoms with van der Waals surface area (Å²) in [6.45, 7) is 4.75. The van der Waals surface area contributed by atoms with Crippen LogP contribution in [0.1, 0.15) is 24.2 Å². The van der Waals surface area contributed by atoms with Gasteiger partial charge in [0, 0.05) is 12.1 Å². The molecule has 0 radical (unpaired) electrons. The number of fused-ring (bicyclic) bond motifs is 1. The molecular weight excluding hydrogens is 226 g/mol. The van der Waals surface area contributed by atoms with Gasteiger partial charge >= 0.3 is 0 Å². The molecule has 0 amide bonds. The molecule has 0 aromatic heterocycles. The monoisotopic (exact) mass is 239 g/mol. The summed E-state index contributed by atoms with van der Waals surface area (Å²) in [7, 11) is 1.97. The lowest BCUT2D eigenvalue weighted by Crippen LogP contribution is -2.45. The minimum atomic E-state index is -0.298. The van der Waals surface area contributed by atoms with E-state index in [2.05, 4.69) is 4.90 Å². The zero-order valence-corrected chi connectivity index (χ0v) is 10.3. The lowest BCUT2D eigenvalue weighted by atomic mass is 10.0. The Morgan fingerprint density at radius 3 is 2.81 bits per heavy atom. The van der Waals surface area contributed by atoms with Gasteiger partial charge in [-0.2, -0.15) is 0 Å². The quantitative estimate of drug-likeness (QED) is 0.706. The summed E-state index contributed by atoms with van der Waals surface area (Å²) in [5.74, 6) is 0.623. The van der Waals surface area contributed by atoms with Gasteiger partial charge in [0.15, 0.2) is 12.0 Å². The second kappa shape index (κ2) is 3.67. The van der Waals surface area contributed by atoms with Gasteiger partial charge in [-0.3, -0.25) is 4.79 Å². The first-order chi connectivity index (χ1) is 7.43. The summed E-state index contributed by atoms with van der Waals surface area (Å²) in [5, 5.41) is 0.552. The van der Waals surface area contributed by atoms with E-state index in [1.54, 1.807) is 6.07 Å². The van der Waals surface area contributed by atoms with E-state index in [9.17, 15) is 4.79 Å². The van der Waals surface area contributed by atoms with Crippen LogP contribution in [0.5, 0.6) is 5.75 Å². The number of hydrogen-bond donors (Lipinski definition) is 0. The Morgan fingerprint density at radius 1 is 1.50 bits per heavy atom. The summed E-state index contributed by atoms with van der Waals surface area (Å²) < 4.78 is 5.84. The molecule has 0 N–H and O–H groups in total. The summed E-state index contributed by atoms with van der Waals surface area (Å²) >= 11 is 5.96. The molecule has 0 bridgehead atoms. The number of carbonyl (C=O) groups excluding carboxylic acids is 1. The highest BCUT2D eigenvalue weighted by atomic mass is 35.5. The molecule has 1 aliphatic heterocycles. The smallest absolute Gasteiger partial charge is 0.154 e. The lowest BCUT2D eigenvalue weighted by Gasteiger charge is -2.39. The van der Waals surface area contributed by atoms with E-state index in [-0.39, 0.29) is 5.60 Å². The number of carbonyl (C=O) groups is 1. The fourth-order valence-corrected chi connectivity index (χ4v) is 2.27. The van der Waals surface area contributed by atoms with Crippen molar-refractivity contribution < 1.29 is 9.53 Å². The van der Waals surface area contributed by atoms with Crippen LogP contribution in [0, 0.1) is 0 Å². The van der Waals surface area contributed by atoms with Crippen molar-refractivity contribution in [2.45, 2.75) is 19.4 Å². The minimum absolute atomic E-state index is 0.298. The molecule has 2 rings (SSSR count). The highest BCUT2D eigenvalue weighted by Gasteiger charge is 2.31. The molecule has 0 saturated heterocycles. The third-order valence-corrected chi connectivity index (χ3v) is 2.82. The Morgan fingerprint density at radius 2 is 2.19 bits per heavy atom. The van der Waals surface area contributed by atoms with Crippen LogP contribution in [0.2, 0.25) is 5.02 Å². The second-order valence-corrected chi connectivity index (χ2v) is 5.12. The predicted molar refractivity (Wildman–Crippen MR) is 64.8 cm³/mol. The molecule has 0 saturated carbocycles. The Kier molecular flexibility index (Phi) is 2.58. The van der Waals surface area contributed by atoms with Gasteiger partial charge in [0.2, 0.25) is 0 Å². The highest BCUT2D eigenvalue weighted by Crippen LogP contribution is 2.40. The predicted octanol–water partition coefficient (Wildman–Crippen LogP) is 2.76. The number of hydrogen-bond acceptors (Lipinski definition) is 3. The Bertz CT molecular complexity index is 443. The standard InChI is InChI=1S/C12H14ClNO2/c1-12(2)7-14(3)10-5-9(13)4-8(6-15)11(10)16-12/h4-6H,7H2,1-3H3. The number of likely N-dealkylation sites (N-methyl/N-ethyl adjacent to an activating group) is 1. The van der Waals surface area contributed by atoms with Crippen LogP contribution in [-0.4, -0.2) is 25.5 Å². The summed E-state index contributed by atoms with van der Waals surface area (Å²) in [6.07, 6.45) is 0.778. The molecule has 0 unspecified atom stereocenters. The Balaban J connectivity index is 2.60. The molecule has 16 heavy (non-hydrogen) atoms. The molecule has 86 valence electrons. The number of halogens is 1. The van der Waals surface area contributed by atoms with E-state index in [4.69, 9.17) is 16.3 Å². The van der Waals surface area contributed by atoms with E-state index in [1.807, 2.05) is 27.0 Å². The van der Waals surface area contributed by atoms with Gasteiger partial charge in [0.05, 0.1) is 17.8 Å². The summed E-state index contributed by atoms with van der Waals surface area (Å²) in [4.78, 5) is 13.0. The van der Waals surface area contributed by atoms with Gasteiger partial charge in [-0.1, -0.05) is 11.6 Å². The molecule has 0 atom stereocenters. The van der Waals surface area contributed by atoms with Crippen LogP contribution in [-0.2, 0) is 0 Å². The van der Waals surface area contributed by atoms with Crippen LogP contribution < -0.4 is 9.64 Å². The maximum atomic E-state index is 11.0. The molecule has 1 aromatic rings. The molecule has 1 aliphatic rings. The topological polar surface area (TPSA) is 29.5 Å². The van der Waals surface area contributed by atoms with Crippen LogP contribution in [0.25, 0.3) is 0 Å². The zero-order valence-electron chi connectivity index (χ0n) is 9.58. The van der Waals surface area contributed by atoms with E-state index < -0.39 is 0 Å². The van der Waals surface area contributed by atoms with Gasteiger partial charge < -0.3 is 9.64 Å². The van der Waals surface area contributed by atoms with Crippen molar-refractivity contribution in [3.05, 3.63) is 22.7 Å². The third-order valence-electron chi connectivity index (χ3n) is 2.60. The molecule has 0 spiro atoms. The lowest BCUT2D eigenvalue weighted by molar-refractivity contribution is 0.101. The number of ether oxygens (including phenoxy) is 1. The number of anilines is 1. The van der Waals surface area contributed by atoms with Crippen molar-refractivity contribution in [2.24, 2.45) is 0 Å². The maximum absolute atomic E-state index is 11.0. The normalized spacial score (nSPS) is 17.6. The van der Waals surface area contributed by atoms with E-state index >= 15 is 0 Å². The van der Waals surface area contributed by atoms with Crippen LogP contribution in [0.4, 0.5) is 5.69 Å². The van der Waals surface area contributed by atoms with E-state index in [1.165, 1.54) is 0 Å². The summed E-state index contributed by atoms with van der Waals surface area (Å²) in [6, 6.07) is 3.45. The fourth-order valence-electron chi connectivity index (χ4n) is 2.05. The van der Waals surface area contributed by atoms with Gasteiger partial charge in [0.25, 0.3) is 0 Å². The summed E-state index contributed by atoms with van der Waals surface area (Å²) in [5.41, 5.74) is 1.07. The SMILES string of the molecule is CN1CC(C)(C)Oc2c(C=O)cc(Cl)cc21. The van der Waals surface area contributed by atoms with Crippen LogP contribution >= 0.6 is 11.6 Å². The number of nitrogens with zero attached hydrogens (tertiary/aromatic N) is 1. The molecule has 1 heterocycles. The first kappa shape index (κ1) is 11.3. The number of rotatable bonds is 1. The fraction of sp³-hybridized carbons (Fsp3) is 0.417. The first-order valence-corrected chi connectivity index (χ1v) is 5.49. The van der Waals surface area contributed by atoms with Crippen molar-refractivity contribution in [1.29, 1.82) is 0 Å². The zero-order chi connectivity index (χ0) is 11.9. The van der Waals surface area contributed by atoms with Gasteiger partial charge in [-0.15, -0.1) is 0 Å². The largest absolute Gasteiger partial charge is 0.483 e. The van der Waals surface area contributed by atoms with Crippen molar-refractivity contribution in [3.63, 3.8) is 0 Å². The van der Waals surface area contributed by atoms with Gasteiger partial charge in [0.1, 0.15) is 5.60 Å². The molecular formula is C12H14ClNO2. The highest BCUT2D eigenvalue weighted by molar-refractivity contribution is 6.31. The molecule has 0 aliphatic carbocycles. The third kappa shape index (κ3) is 1.87. The van der Waals surface area contributed by atoms with Crippen molar-refractivity contribution in [3.8, 4) is 5.75 Å². The van der Waals surface area contributed by atoms with Gasteiger partial charge in [-0.05, 0) is 26.0 Å². The van der Waals surface area contributed by atoms with E-state index in [0.29, 0.717) is 16.3 Å². The molecule has 1 aromatic carbocycles.